The van der Waals surface area contributed by atoms with Gasteiger partial charge in [-0.2, -0.15) is 5.48 Å². The lowest BCUT2D eigenvalue weighted by molar-refractivity contribution is -0.116. The Morgan fingerprint density at radius 2 is 2.35 bits per heavy atom. The van der Waals surface area contributed by atoms with Crippen molar-refractivity contribution in [2.24, 2.45) is 0 Å². The van der Waals surface area contributed by atoms with E-state index in [9.17, 15) is 4.79 Å². The molecule has 1 amide bonds. The molecule has 0 saturated carbocycles. The van der Waals surface area contributed by atoms with E-state index in [1.807, 2.05) is 24.3 Å². The molecular formula is C11H9N3O2S. The Morgan fingerprint density at radius 1 is 1.47 bits per heavy atom. The van der Waals surface area contributed by atoms with E-state index in [4.69, 9.17) is 4.84 Å². The van der Waals surface area contributed by atoms with Gasteiger partial charge in [-0.3, -0.25) is 10.1 Å². The first-order valence-electron chi connectivity index (χ1n) is 5.10. The first-order chi connectivity index (χ1) is 8.33. The van der Waals surface area contributed by atoms with E-state index in [1.54, 1.807) is 6.08 Å². The normalized spacial score (nSPS) is 14.5. The van der Waals surface area contributed by atoms with Gasteiger partial charge in [0.2, 0.25) is 5.76 Å². The van der Waals surface area contributed by atoms with Crippen LogP contribution >= 0.6 is 11.3 Å². The maximum atomic E-state index is 11.7. The van der Waals surface area contributed by atoms with E-state index >= 15 is 0 Å². The molecule has 1 aliphatic rings. The van der Waals surface area contributed by atoms with Crippen LogP contribution in [0.5, 0.6) is 0 Å². The highest BCUT2D eigenvalue weighted by molar-refractivity contribution is 7.22. The fraction of sp³-hybridized carbons (Fsp3) is 0.0909. The third-order valence-electron chi connectivity index (χ3n) is 2.29. The van der Waals surface area contributed by atoms with Crippen molar-refractivity contribution >= 4 is 32.6 Å². The number of rotatable bonds is 2. The van der Waals surface area contributed by atoms with Crippen LogP contribution in [0.15, 0.2) is 36.1 Å². The van der Waals surface area contributed by atoms with Crippen LogP contribution in [0.2, 0.25) is 0 Å². The molecule has 1 aliphatic heterocycles. The number of anilines is 1. The highest BCUT2D eigenvalue weighted by Crippen LogP contribution is 2.25. The molecule has 1 aromatic heterocycles. The second-order valence-electron chi connectivity index (χ2n) is 3.46. The minimum Gasteiger partial charge on any atom is -0.403 e. The lowest BCUT2D eigenvalue weighted by atomic mass is 10.3. The lowest BCUT2D eigenvalue weighted by Crippen LogP contribution is -2.16. The summed E-state index contributed by atoms with van der Waals surface area (Å²) < 4.78 is 1.04. The van der Waals surface area contributed by atoms with Gasteiger partial charge in [0, 0.05) is 0 Å². The number of para-hydroxylation sites is 1. The standard InChI is InChI=1S/C11H9N3O2S/c15-10(8-5-6-12-16-8)14-11-13-7-3-1-2-4-9(7)17-11/h1-5,12H,6H2,(H,13,14,15). The van der Waals surface area contributed by atoms with Crippen molar-refractivity contribution in [2.45, 2.75) is 0 Å². The van der Waals surface area contributed by atoms with Crippen LogP contribution in [0, 0.1) is 0 Å². The summed E-state index contributed by atoms with van der Waals surface area (Å²) in [5.74, 6) is -0.00156. The molecular weight excluding hydrogens is 238 g/mol. The van der Waals surface area contributed by atoms with E-state index in [0.717, 1.165) is 10.2 Å². The molecule has 0 bridgehead atoms. The van der Waals surface area contributed by atoms with E-state index in [1.165, 1.54) is 11.3 Å². The zero-order chi connectivity index (χ0) is 11.7. The number of thiazole rings is 1. The molecule has 0 unspecified atom stereocenters. The number of aromatic nitrogens is 1. The highest BCUT2D eigenvalue weighted by atomic mass is 32.1. The first kappa shape index (κ1) is 10.2. The predicted molar refractivity (Wildman–Crippen MR) is 65.4 cm³/mol. The van der Waals surface area contributed by atoms with E-state index in [2.05, 4.69) is 15.8 Å². The SMILES string of the molecule is O=C(Nc1nc2ccccc2s1)C1=CCNO1. The van der Waals surface area contributed by atoms with Gasteiger partial charge in [-0.05, 0) is 18.2 Å². The largest absolute Gasteiger partial charge is 0.403 e. The van der Waals surface area contributed by atoms with Crippen molar-refractivity contribution in [1.29, 1.82) is 0 Å². The number of hydrogen-bond acceptors (Lipinski definition) is 5. The van der Waals surface area contributed by atoms with Crippen LogP contribution in [0.25, 0.3) is 10.2 Å². The average Bonchev–Trinajstić information content (AvgIpc) is 2.97. The summed E-state index contributed by atoms with van der Waals surface area (Å²) in [6.07, 6.45) is 1.68. The Balaban J connectivity index is 1.82. The molecule has 2 N–H and O–H groups in total. The molecule has 0 radical (unpaired) electrons. The Labute approximate surface area is 101 Å². The fourth-order valence-electron chi connectivity index (χ4n) is 1.52. The van der Waals surface area contributed by atoms with Crippen LogP contribution in [-0.4, -0.2) is 17.4 Å². The number of nitrogens with zero attached hydrogens (tertiary/aromatic N) is 1. The predicted octanol–water partition coefficient (Wildman–Crippen LogP) is 1.65. The molecule has 0 atom stereocenters. The second-order valence-corrected chi connectivity index (χ2v) is 4.49. The summed E-state index contributed by atoms with van der Waals surface area (Å²) in [7, 11) is 0. The van der Waals surface area contributed by atoms with Gasteiger partial charge in [0.1, 0.15) is 0 Å². The fourth-order valence-corrected chi connectivity index (χ4v) is 2.38. The lowest BCUT2D eigenvalue weighted by Gasteiger charge is -2.01. The Morgan fingerprint density at radius 3 is 3.12 bits per heavy atom. The molecule has 5 nitrogen and oxygen atoms in total. The van der Waals surface area contributed by atoms with Crippen molar-refractivity contribution in [3.8, 4) is 0 Å². The summed E-state index contributed by atoms with van der Waals surface area (Å²) >= 11 is 1.44. The van der Waals surface area contributed by atoms with E-state index in [0.29, 0.717) is 11.7 Å². The molecule has 3 rings (SSSR count). The molecule has 0 aliphatic carbocycles. The number of benzene rings is 1. The van der Waals surface area contributed by atoms with Gasteiger partial charge in [-0.15, -0.1) is 0 Å². The number of nitrogens with one attached hydrogen (secondary N) is 2. The summed E-state index contributed by atoms with van der Waals surface area (Å²) in [6, 6.07) is 7.74. The minimum absolute atomic E-state index is 0.282. The highest BCUT2D eigenvalue weighted by Gasteiger charge is 2.16. The minimum atomic E-state index is -0.283. The molecule has 2 heterocycles. The number of hydrogen-bond donors (Lipinski definition) is 2. The van der Waals surface area contributed by atoms with Crippen molar-refractivity contribution < 1.29 is 9.63 Å². The monoisotopic (exact) mass is 247 g/mol. The second kappa shape index (κ2) is 4.15. The van der Waals surface area contributed by atoms with Gasteiger partial charge in [0.25, 0.3) is 5.91 Å². The quantitative estimate of drug-likeness (QED) is 0.847. The number of hydroxylamine groups is 1. The van der Waals surface area contributed by atoms with Crippen LogP contribution in [0.4, 0.5) is 5.13 Å². The van der Waals surface area contributed by atoms with Crippen molar-refractivity contribution in [2.75, 3.05) is 11.9 Å². The number of amides is 1. The Kier molecular flexibility index (Phi) is 2.50. The van der Waals surface area contributed by atoms with Gasteiger partial charge >= 0.3 is 0 Å². The third kappa shape index (κ3) is 2.00. The summed E-state index contributed by atoms with van der Waals surface area (Å²) in [4.78, 5) is 21.0. The first-order valence-corrected chi connectivity index (χ1v) is 5.91. The van der Waals surface area contributed by atoms with Crippen molar-refractivity contribution in [3.05, 3.63) is 36.1 Å². The number of carbonyl (C=O) groups is 1. The topological polar surface area (TPSA) is 63.2 Å². The van der Waals surface area contributed by atoms with E-state index in [-0.39, 0.29) is 11.7 Å². The third-order valence-corrected chi connectivity index (χ3v) is 3.24. The zero-order valence-electron chi connectivity index (χ0n) is 8.77. The number of fused-ring (bicyclic) bond motifs is 1. The van der Waals surface area contributed by atoms with Crippen molar-refractivity contribution in [1.82, 2.24) is 10.5 Å². The molecule has 17 heavy (non-hydrogen) atoms. The maximum Gasteiger partial charge on any atom is 0.294 e. The maximum absolute atomic E-state index is 11.7. The molecule has 0 fully saturated rings. The van der Waals surface area contributed by atoms with Gasteiger partial charge in [0.15, 0.2) is 5.13 Å². The van der Waals surface area contributed by atoms with Gasteiger partial charge in [-0.1, -0.05) is 23.5 Å². The summed E-state index contributed by atoms with van der Waals surface area (Å²) in [6.45, 7) is 0.544. The van der Waals surface area contributed by atoms with Crippen LogP contribution in [-0.2, 0) is 9.63 Å². The van der Waals surface area contributed by atoms with Crippen LogP contribution in [0.1, 0.15) is 0 Å². The molecule has 0 spiro atoms. The Hall–Kier alpha value is -1.92. The van der Waals surface area contributed by atoms with Gasteiger partial charge < -0.3 is 4.84 Å². The molecule has 2 aromatic rings. The number of carbonyl (C=O) groups excluding carboxylic acids is 1. The molecule has 0 saturated heterocycles. The summed E-state index contributed by atoms with van der Waals surface area (Å²) in [5.41, 5.74) is 3.48. The molecule has 86 valence electrons. The van der Waals surface area contributed by atoms with Crippen LogP contribution < -0.4 is 10.8 Å². The van der Waals surface area contributed by atoms with E-state index < -0.39 is 0 Å². The molecule has 1 aromatic carbocycles. The van der Waals surface area contributed by atoms with Crippen molar-refractivity contribution in [3.63, 3.8) is 0 Å². The summed E-state index contributed by atoms with van der Waals surface area (Å²) in [5, 5.41) is 3.28. The van der Waals surface area contributed by atoms with Crippen LogP contribution in [0.3, 0.4) is 0 Å². The smallest absolute Gasteiger partial charge is 0.294 e. The molecule has 6 heteroatoms. The Bertz CT molecular complexity index is 573. The van der Waals surface area contributed by atoms with Gasteiger partial charge in [0.05, 0.1) is 16.8 Å². The zero-order valence-corrected chi connectivity index (χ0v) is 9.58. The van der Waals surface area contributed by atoms with Gasteiger partial charge in [-0.25, -0.2) is 4.98 Å². The average molecular weight is 247 g/mol.